The average Bonchev–Trinajstić information content (AvgIpc) is 2.24. The number of hydrogen-bond donors (Lipinski definition) is 2. The molecule has 0 fully saturated rings. The summed E-state index contributed by atoms with van der Waals surface area (Å²) in [5, 5.41) is 5.29. The van der Waals surface area contributed by atoms with Crippen molar-refractivity contribution < 1.29 is 14.3 Å². The van der Waals surface area contributed by atoms with Crippen LogP contribution in [0, 0.1) is 13.8 Å². The fourth-order valence-corrected chi connectivity index (χ4v) is 1.85. The predicted octanol–water partition coefficient (Wildman–Crippen LogP) is 3.16. The molecular formula is C16H24N2O3. The fourth-order valence-electron chi connectivity index (χ4n) is 1.85. The van der Waals surface area contributed by atoms with Crippen molar-refractivity contribution in [3.8, 4) is 0 Å². The van der Waals surface area contributed by atoms with E-state index in [1.165, 1.54) is 0 Å². The predicted molar refractivity (Wildman–Crippen MR) is 83.4 cm³/mol. The summed E-state index contributed by atoms with van der Waals surface area (Å²) in [6.45, 7) is 10.9. The van der Waals surface area contributed by atoms with E-state index in [0.717, 1.165) is 16.8 Å². The highest BCUT2D eigenvalue weighted by molar-refractivity contribution is 5.96. The number of nitrogens with one attached hydrogen (secondary N) is 2. The minimum atomic E-state index is -0.680. The molecule has 1 rings (SSSR count). The van der Waals surface area contributed by atoms with Crippen LogP contribution < -0.4 is 10.6 Å². The van der Waals surface area contributed by atoms with Crippen LogP contribution in [0.25, 0.3) is 0 Å². The number of aryl methyl sites for hydroxylation is 2. The van der Waals surface area contributed by atoms with Gasteiger partial charge in [-0.1, -0.05) is 6.07 Å². The number of benzene rings is 1. The molecule has 0 aliphatic rings. The van der Waals surface area contributed by atoms with E-state index in [-0.39, 0.29) is 5.91 Å². The second-order valence-corrected chi connectivity index (χ2v) is 6.23. The number of hydrogen-bond acceptors (Lipinski definition) is 3. The van der Waals surface area contributed by atoms with Crippen molar-refractivity contribution in [2.75, 3.05) is 5.32 Å². The highest BCUT2D eigenvalue weighted by Crippen LogP contribution is 2.14. The molecule has 2 N–H and O–H groups in total. The van der Waals surface area contributed by atoms with Crippen molar-refractivity contribution in [3.63, 3.8) is 0 Å². The third-order valence-electron chi connectivity index (χ3n) is 2.62. The Kier molecular flexibility index (Phi) is 5.35. The van der Waals surface area contributed by atoms with Gasteiger partial charge in [0.15, 0.2) is 0 Å². The second-order valence-electron chi connectivity index (χ2n) is 6.23. The molecule has 1 atom stereocenters. The third kappa shape index (κ3) is 6.29. The summed E-state index contributed by atoms with van der Waals surface area (Å²) < 4.78 is 5.12. The van der Waals surface area contributed by atoms with Gasteiger partial charge < -0.3 is 15.4 Å². The second kappa shape index (κ2) is 6.61. The Hall–Kier alpha value is -2.04. The molecule has 5 heteroatoms. The van der Waals surface area contributed by atoms with Crippen LogP contribution in [0.2, 0.25) is 0 Å². The molecule has 21 heavy (non-hydrogen) atoms. The summed E-state index contributed by atoms with van der Waals surface area (Å²) in [5.41, 5.74) is 2.26. The molecule has 5 nitrogen and oxygen atoms in total. The van der Waals surface area contributed by atoms with E-state index in [1.807, 2.05) is 32.0 Å². The maximum atomic E-state index is 12.1. The van der Waals surface area contributed by atoms with E-state index in [0.29, 0.717) is 0 Å². The van der Waals surface area contributed by atoms with Crippen LogP contribution in [0.3, 0.4) is 0 Å². The third-order valence-corrected chi connectivity index (χ3v) is 2.62. The Morgan fingerprint density at radius 3 is 2.10 bits per heavy atom. The quantitative estimate of drug-likeness (QED) is 0.899. The van der Waals surface area contributed by atoms with Crippen molar-refractivity contribution in [2.24, 2.45) is 0 Å². The lowest BCUT2D eigenvalue weighted by atomic mass is 10.1. The lowest BCUT2D eigenvalue weighted by molar-refractivity contribution is -0.117. The van der Waals surface area contributed by atoms with Gasteiger partial charge in [0.1, 0.15) is 11.6 Å². The Morgan fingerprint density at radius 1 is 1.10 bits per heavy atom. The van der Waals surface area contributed by atoms with Crippen LogP contribution in [0.5, 0.6) is 0 Å². The van der Waals surface area contributed by atoms with Crippen molar-refractivity contribution in [1.29, 1.82) is 0 Å². The molecule has 116 valence electrons. The molecule has 2 amide bonds. The van der Waals surface area contributed by atoms with E-state index < -0.39 is 17.7 Å². The normalized spacial score (nSPS) is 12.5. The van der Waals surface area contributed by atoms with Gasteiger partial charge in [0.25, 0.3) is 0 Å². The van der Waals surface area contributed by atoms with E-state index in [1.54, 1.807) is 27.7 Å². The van der Waals surface area contributed by atoms with Gasteiger partial charge in [0.05, 0.1) is 0 Å². The van der Waals surface area contributed by atoms with Gasteiger partial charge in [0, 0.05) is 5.69 Å². The Labute approximate surface area is 126 Å². The summed E-state index contributed by atoms with van der Waals surface area (Å²) in [4.78, 5) is 23.7. The van der Waals surface area contributed by atoms with Crippen LogP contribution in [0.15, 0.2) is 18.2 Å². The van der Waals surface area contributed by atoms with Gasteiger partial charge in [-0.25, -0.2) is 4.79 Å². The zero-order valence-electron chi connectivity index (χ0n) is 13.5. The largest absolute Gasteiger partial charge is 0.444 e. The van der Waals surface area contributed by atoms with Crippen LogP contribution in [0.4, 0.5) is 10.5 Å². The van der Waals surface area contributed by atoms with Crippen molar-refractivity contribution in [1.82, 2.24) is 5.32 Å². The van der Waals surface area contributed by atoms with E-state index in [2.05, 4.69) is 10.6 Å². The number of carbonyl (C=O) groups is 2. The van der Waals surface area contributed by atoms with Crippen LogP contribution in [0.1, 0.15) is 38.8 Å². The Balaban J connectivity index is 2.60. The molecule has 0 aliphatic carbocycles. The lowest BCUT2D eigenvalue weighted by Crippen LogP contribution is -2.43. The molecule has 0 bridgehead atoms. The van der Waals surface area contributed by atoms with E-state index in [9.17, 15) is 9.59 Å². The molecular weight excluding hydrogens is 268 g/mol. The molecule has 0 radical (unpaired) electrons. The summed E-state index contributed by atoms with van der Waals surface area (Å²) in [6.07, 6.45) is -0.606. The first kappa shape index (κ1) is 17.0. The average molecular weight is 292 g/mol. The SMILES string of the molecule is Cc1cc(C)cc(NC(=O)[C@H](C)NC(=O)OC(C)(C)C)c1. The maximum Gasteiger partial charge on any atom is 0.408 e. The standard InChI is InChI=1S/C16H24N2O3/c1-10-7-11(2)9-13(8-10)18-14(19)12(3)17-15(20)21-16(4,5)6/h7-9,12H,1-6H3,(H,17,20)(H,18,19)/t12-/m0/s1. The first-order valence-electron chi connectivity index (χ1n) is 6.95. The zero-order valence-corrected chi connectivity index (χ0v) is 13.5. The van der Waals surface area contributed by atoms with Crippen molar-refractivity contribution in [2.45, 2.75) is 53.2 Å². The summed E-state index contributed by atoms with van der Waals surface area (Å²) in [5.74, 6) is -0.286. The van der Waals surface area contributed by atoms with Gasteiger partial charge in [-0.3, -0.25) is 4.79 Å². The minimum absolute atomic E-state index is 0.286. The van der Waals surface area contributed by atoms with Crippen LogP contribution in [-0.2, 0) is 9.53 Å². The zero-order chi connectivity index (χ0) is 16.2. The van der Waals surface area contributed by atoms with E-state index in [4.69, 9.17) is 4.74 Å². The molecule has 0 heterocycles. The first-order chi connectivity index (χ1) is 9.56. The van der Waals surface area contributed by atoms with Gasteiger partial charge in [-0.2, -0.15) is 0 Å². The molecule has 0 unspecified atom stereocenters. The number of alkyl carbamates (subject to hydrolysis) is 1. The number of rotatable bonds is 3. The maximum absolute atomic E-state index is 12.1. The molecule has 0 saturated heterocycles. The fraction of sp³-hybridized carbons (Fsp3) is 0.500. The summed E-state index contributed by atoms with van der Waals surface area (Å²) in [7, 11) is 0. The van der Waals surface area contributed by atoms with Crippen LogP contribution in [-0.4, -0.2) is 23.6 Å². The Bertz CT molecular complexity index is 513. The van der Waals surface area contributed by atoms with Gasteiger partial charge in [0.2, 0.25) is 5.91 Å². The Morgan fingerprint density at radius 2 is 1.62 bits per heavy atom. The molecule has 1 aromatic rings. The molecule has 0 spiro atoms. The molecule has 0 aliphatic heterocycles. The van der Waals surface area contributed by atoms with Gasteiger partial charge >= 0.3 is 6.09 Å². The smallest absolute Gasteiger partial charge is 0.408 e. The molecule has 1 aromatic carbocycles. The molecule has 0 aromatic heterocycles. The number of anilines is 1. The van der Waals surface area contributed by atoms with E-state index >= 15 is 0 Å². The number of carbonyl (C=O) groups excluding carboxylic acids is 2. The van der Waals surface area contributed by atoms with Crippen LogP contribution >= 0.6 is 0 Å². The highest BCUT2D eigenvalue weighted by atomic mass is 16.6. The summed E-state index contributed by atoms with van der Waals surface area (Å²) in [6, 6.07) is 5.11. The monoisotopic (exact) mass is 292 g/mol. The van der Waals surface area contributed by atoms with Crippen molar-refractivity contribution in [3.05, 3.63) is 29.3 Å². The molecule has 0 saturated carbocycles. The minimum Gasteiger partial charge on any atom is -0.444 e. The number of amides is 2. The number of ether oxygens (including phenoxy) is 1. The lowest BCUT2D eigenvalue weighted by Gasteiger charge is -2.21. The van der Waals surface area contributed by atoms with Gasteiger partial charge in [-0.05, 0) is 64.8 Å². The summed E-state index contributed by atoms with van der Waals surface area (Å²) >= 11 is 0. The topological polar surface area (TPSA) is 67.4 Å². The highest BCUT2D eigenvalue weighted by Gasteiger charge is 2.21. The first-order valence-corrected chi connectivity index (χ1v) is 6.95. The van der Waals surface area contributed by atoms with Gasteiger partial charge in [-0.15, -0.1) is 0 Å². The van der Waals surface area contributed by atoms with Crippen molar-refractivity contribution >= 4 is 17.7 Å².